The van der Waals surface area contributed by atoms with Gasteiger partial charge in [-0.15, -0.1) is 11.8 Å². The first-order chi connectivity index (χ1) is 17.1. The first-order valence-electron chi connectivity index (χ1n) is 12.5. The van der Waals surface area contributed by atoms with Gasteiger partial charge in [0.05, 0.1) is 6.61 Å². The molecule has 6 nitrogen and oxygen atoms in total. The van der Waals surface area contributed by atoms with Crippen molar-refractivity contribution in [2.75, 3.05) is 39.6 Å². The zero-order chi connectivity index (χ0) is 26.5. The fourth-order valence-electron chi connectivity index (χ4n) is 4.92. The van der Waals surface area contributed by atoms with Crippen LogP contribution in [-0.4, -0.2) is 67.0 Å². The summed E-state index contributed by atoms with van der Waals surface area (Å²) in [6.07, 6.45) is 3.79. The number of nitrogens with zero attached hydrogens (tertiary/aromatic N) is 1. The van der Waals surface area contributed by atoms with Crippen molar-refractivity contribution in [3.8, 4) is 5.75 Å². The summed E-state index contributed by atoms with van der Waals surface area (Å²) in [6.45, 7) is 10.1. The number of likely N-dealkylation sites (tertiary alicyclic amines) is 1. The van der Waals surface area contributed by atoms with E-state index in [1.807, 2.05) is 44.4 Å². The van der Waals surface area contributed by atoms with Crippen LogP contribution in [0.5, 0.6) is 5.75 Å². The predicted octanol–water partition coefficient (Wildman–Crippen LogP) is 5.28. The summed E-state index contributed by atoms with van der Waals surface area (Å²) in [5.41, 5.74) is 2.51. The molecular formula is C29H39NO5S. The molecule has 1 heterocycles. The lowest BCUT2D eigenvalue weighted by Gasteiger charge is -2.25. The number of ketones is 1. The third-order valence-electron chi connectivity index (χ3n) is 7.04. The number of thioether (sulfide) groups is 1. The molecule has 36 heavy (non-hydrogen) atoms. The van der Waals surface area contributed by atoms with E-state index in [0.717, 1.165) is 54.1 Å². The average Bonchev–Trinajstić information content (AvgIpc) is 3.26. The van der Waals surface area contributed by atoms with E-state index in [4.69, 9.17) is 9.47 Å². The van der Waals surface area contributed by atoms with E-state index >= 15 is 0 Å². The number of ether oxygens (including phenoxy) is 2. The molecule has 1 fully saturated rings. The number of carboxylic acids is 1. The molecule has 1 saturated heterocycles. The lowest BCUT2D eigenvalue weighted by Crippen LogP contribution is -2.38. The van der Waals surface area contributed by atoms with E-state index in [0.29, 0.717) is 12.4 Å². The van der Waals surface area contributed by atoms with Crippen molar-refractivity contribution in [3.05, 3.63) is 58.7 Å². The Morgan fingerprint density at radius 2 is 1.75 bits per heavy atom. The number of aliphatic carboxylic acids is 1. The van der Waals surface area contributed by atoms with E-state index in [9.17, 15) is 14.7 Å². The van der Waals surface area contributed by atoms with Crippen molar-refractivity contribution in [2.24, 2.45) is 11.8 Å². The Morgan fingerprint density at radius 3 is 2.31 bits per heavy atom. The number of carboxylic acid groups (broad SMARTS) is 1. The Morgan fingerprint density at radius 1 is 1.11 bits per heavy atom. The van der Waals surface area contributed by atoms with Crippen molar-refractivity contribution in [3.63, 3.8) is 0 Å². The molecule has 3 rings (SSSR count). The second kappa shape index (κ2) is 12.3. The van der Waals surface area contributed by atoms with Crippen molar-refractivity contribution in [1.82, 2.24) is 4.90 Å². The molecule has 7 heteroatoms. The summed E-state index contributed by atoms with van der Waals surface area (Å²) in [6, 6.07) is 12.1. The van der Waals surface area contributed by atoms with Gasteiger partial charge >= 0.3 is 5.97 Å². The molecule has 196 valence electrons. The molecule has 0 spiro atoms. The summed E-state index contributed by atoms with van der Waals surface area (Å²) >= 11 is 1.67. The number of aryl methyl sites for hydroxylation is 3. The summed E-state index contributed by atoms with van der Waals surface area (Å²) in [5, 5.41) is 9.43. The molecule has 0 radical (unpaired) electrons. The molecule has 0 saturated carbocycles. The topological polar surface area (TPSA) is 76.1 Å². The van der Waals surface area contributed by atoms with Gasteiger partial charge in [0.15, 0.2) is 11.4 Å². The van der Waals surface area contributed by atoms with Crippen LogP contribution < -0.4 is 4.74 Å². The van der Waals surface area contributed by atoms with Crippen molar-refractivity contribution in [2.45, 2.75) is 51.0 Å². The van der Waals surface area contributed by atoms with Crippen LogP contribution in [-0.2, 0) is 16.0 Å². The van der Waals surface area contributed by atoms with Gasteiger partial charge in [0.25, 0.3) is 0 Å². The molecule has 0 aromatic heterocycles. The molecule has 1 aliphatic rings. The smallest absolute Gasteiger partial charge is 0.347 e. The Bertz CT molecular complexity index is 1040. The zero-order valence-electron chi connectivity index (χ0n) is 22.3. The number of rotatable bonds is 12. The molecule has 2 atom stereocenters. The molecule has 0 aliphatic carbocycles. The Balaban J connectivity index is 1.74. The van der Waals surface area contributed by atoms with Gasteiger partial charge in [-0.3, -0.25) is 4.79 Å². The molecule has 0 amide bonds. The first kappa shape index (κ1) is 28.2. The van der Waals surface area contributed by atoms with Crippen molar-refractivity contribution in [1.29, 1.82) is 0 Å². The highest BCUT2D eigenvalue weighted by atomic mass is 32.2. The highest BCUT2D eigenvalue weighted by Crippen LogP contribution is 2.33. The van der Waals surface area contributed by atoms with Gasteiger partial charge in [0.1, 0.15) is 5.75 Å². The predicted molar refractivity (Wildman–Crippen MR) is 144 cm³/mol. The van der Waals surface area contributed by atoms with Gasteiger partial charge in [-0.25, -0.2) is 4.79 Å². The number of carbonyl (C=O) groups is 2. The van der Waals surface area contributed by atoms with Crippen LogP contribution in [0.2, 0.25) is 0 Å². The fourth-order valence-corrected chi connectivity index (χ4v) is 5.33. The third kappa shape index (κ3) is 6.90. The number of methoxy groups -OCH3 is 1. The van der Waals surface area contributed by atoms with Gasteiger partial charge < -0.3 is 19.5 Å². The van der Waals surface area contributed by atoms with Gasteiger partial charge in [0, 0.05) is 43.1 Å². The van der Waals surface area contributed by atoms with Crippen LogP contribution >= 0.6 is 11.8 Å². The molecule has 0 bridgehead atoms. The highest BCUT2D eigenvalue weighted by molar-refractivity contribution is 7.98. The summed E-state index contributed by atoms with van der Waals surface area (Å²) < 4.78 is 11.1. The summed E-state index contributed by atoms with van der Waals surface area (Å²) in [7, 11) is 1.71. The summed E-state index contributed by atoms with van der Waals surface area (Å²) in [5.74, 6) is 0.0720. The monoisotopic (exact) mass is 513 g/mol. The van der Waals surface area contributed by atoms with Crippen LogP contribution in [0.3, 0.4) is 0 Å². The molecule has 1 N–H and O–H groups in total. The first-order valence-corrected chi connectivity index (χ1v) is 13.7. The maximum Gasteiger partial charge on any atom is 0.347 e. The van der Waals surface area contributed by atoms with E-state index < -0.39 is 11.6 Å². The highest BCUT2D eigenvalue weighted by Gasteiger charge is 2.37. The number of carbonyl (C=O) groups excluding carboxylic acids is 1. The molecule has 2 aromatic rings. The minimum Gasteiger partial charge on any atom is -0.478 e. The third-order valence-corrected chi connectivity index (χ3v) is 7.78. The maximum atomic E-state index is 13.5. The second-order valence-corrected chi connectivity index (χ2v) is 11.1. The number of hydrogen-bond donors (Lipinski definition) is 1. The normalized spacial score (nSPS) is 18.4. The molecule has 0 unspecified atom stereocenters. The minimum atomic E-state index is -1.30. The fraction of sp³-hybridized carbons (Fsp3) is 0.517. The number of hydrogen-bond acceptors (Lipinski definition) is 6. The standard InChI is InChI=1S/C29H39NO5S/c1-19-15-21(16-20(2)27(19)35-29(3,4)28(32)33)7-8-23-17-30(13-14-34-5)18-25(23)26(31)22-9-11-24(36-6)12-10-22/h9-12,15-16,23,25H,7-8,13-14,17-18H2,1-6H3,(H,32,33)/t23-,25-/m0/s1. The Hall–Kier alpha value is -2.35. The minimum absolute atomic E-state index is 0.0387. The van der Waals surface area contributed by atoms with Crippen LogP contribution in [0.15, 0.2) is 41.3 Å². The van der Waals surface area contributed by atoms with Crippen molar-refractivity contribution < 1.29 is 24.2 Å². The quantitative estimate of drug-likeness (QED) is 0.306. The number of Topliss-reactive ketones (excluding diaryl/α,β-unsaturated/α-hetero) is 1. The summed E-state index contributed by atoms with van der Waals surface area (Å²) in [4.78, 5) is 28.5. The van der Waals surface area contributed by atoms with E-state index in [-0.39, 0.29) is 17.6 Å². The maximum absolute atomic E-state index is 13.5. The molecular weight excluding hydrogens is 474 g/mol. The van der Waals surface area contributed by atoms with Crippen LogP contribution in [0.4, 0.5) is 0 Å². The zero-order valence-corrected chi connectivity index (χ0v) is 23.1. The van der Waals surface area contributed by atoms with Gasteiger partial charge in [-0.1, -0.05) is 24.3 Å². The molecule has 2 aromatic carbocycles. The van der Waals surface area contributed by atoms with Crippen LogP contribution in [0.25, 0.3) is 0 Å². The average molecular weight is 514 g/mol. The van der Waals surface area contributed by atoms with Crippen LogP contribution in [0.1, 0.15) is 47.3 Å². The Labute approximate surface area is 219 Å². The lowest BCUT2D eigenvalue weighted by atomic mass is 9.84. The van der Waals surface area contributed by atoms with Gasteiger partial charge in [-0.2, -0.15) is 0 Å². The van der Waals surface area contributed by atoms with Gasteiger partial charge in [-0.05, 0) is 81.5 Å². The van der Waals surface area contributed by atoms with E-state index in [1.54, 1.807) is 32.7 Å². The Kier molecular flexibility index (Phi) is 9.61. The van der Waals surface area contributed by atoms with Crippen LogP contribution in [0, 0.1) is 25.7 Å². The largest absolute Gasteiger partial charge is 0.478 e. The molecule has 1 aliphatic heterocycles. The van der Waals surface area contributed by atoms with Crippen molar-refractivity contribution >= 4 is 23.5 Å². The van der Waals surface area contributed by atoms with E-state index in [1.165, 1.54) is 5.56 Å². The van der Waals surface area contributed by atoms with Gasteiger partial charge in [0.2, 0.25) is 0 Å². The SMILES string of the molecule is COCCN1C[C@H](CCc2cc(C)c(OC(C)(C)C(=O)O)c(C)c2)[C@@H](C(=O)c2ccc(SC)cc2)C1. The lowest BCUT2D eigenvalue weighted by molar-refractivity contribution is -0.152. The number of benzene rings is 2. The second-order valence-electron chi connectivity index (χ2n) is 10.2. The van der Waals surface area contributed by atoms with E-state index in [2.05, 4.69) is 17.0 Å².